The Bertz CT molecular complexity index is 804. The SMILES string of the molecule is O=C(O)c1oc(-c2ccc(Cl)cc2)c2cc(Cl)ccc12. The summed E-state index contributed by atoms with van der Waals surface area (Å²) in [5, 5.41) is 11.5. The molecule has 0 radical (unpaired) electrons. The second-order valence-corrected chi connectivity index (χ2v) is 5.14. The normalized spacial score (nSPS) is 10.9. The summed E-state index contributed by atoms with van der Waals surface area (Å²) in [6.07, 6.45) is 0. The van der Waals surface area contributed by atoms with Crippen molar-refractivity contribution in [1.82, 2.24) is 0 Å². The molecule has 100 valence electrons. The molecule has 0 aliphatic rings. The van der Waals surface area contributed by atoms with Crippen LogP contribution in [0.4, 0.5) is 0 Å². The Labute approximate surface area is 124 Å². The van der Waals surface area contributed by atoms with Crippen molar-refractivity contribution >= 4 is 39.9 Å². The van der Waals surface area contributed by atoms with Crippen LogP contribution >= 0.6 is 23.2 Å². The maximum absolute atomic E-state index is 11.3. The molecular formula is C15H8Cl2O3. The van der Waals surface area contributed by atoms with Crippen LogP contribution in [0.2, 0.25) is 10.0 Å². The van der Waals surface area contributed by atoms with E-state index in [1.807, 2.05) is 0 Å². The van der Waals surface area contributed by atoms with Crippen molar-refractivity contribution in [2.45, 2.75) is 0 Å². The maximum Gasteiger partial charge on any atom is 0.372 e. The quantitative estimate of drug-likeness (QED) is 0.716. The number of hydrogen-bond donors (Lipinski definition) is 1. The molecule has 0 fully saturated rings. The first kappa shape index (κ1) is 13.0. The topological polar surface area (TPSA) is 50.4 Å². The number of benzene rings is 2. The summed E-state index contributed by atoms with van der Waals surface area (Å²) in [6, 6.07) is 11.9. The van der Waals surface area contributed by atoms with Crippen molar-refractivity contribution < 1.29 is 14.3 Å². The third-order valence-electron chi connectivity index (χ3n) is 2.98. The predicted octanol–water partition coefficient (Wildman–Crippen LogP) is 5.10. The summed E-state index contributed by atoms with van der Waals surface area (Å²) in [5.41, 5.74) is 0.745. The molecule has 0 atom stereocenters. The van der Waals surface area contributed by atoms with Crippen molar-refractivity contribution in [2.24, 2.45) is 0 Å². The van der Waals surface area contributed by atoms with Crippen LogP contribution in [0.1, 0.15) is 10.6 Å². The number of halogens is 2. The van der Waals surface area contributed by atoms with E-state index in [1.165, 1.54) is 0 Å². The van der Waals surface area contributed by atoms with Gasteiger partial charge in [0.2, 0.25) is 5.76 Å². The highest BCUT2D eigenvalue weighted by Gasteiger charge is 2.19. The molecule has 3 nitrogen and oxygen atoms in total. The summed E-state index contributed by atoms with van der Waals surface area (Å²) in [4.78, 5) is 11.3. The first-order valence-electron chi connectivity index (χ1n) is 5.77. The molecule has 0 saturated carbocycles. The fourth-order valence-corrected chi connectivity index (χ4v) is 2.39. The fraction of sp³-hybridized carbons (Fsp3) is 0. The van der Waals surface area contributed by atoms with Crippen LogP contribution in [0.15, 0.2) is 46.9 Å². The molecule has 0 aliphatic heterocycles. The van der Waals surface area contributed by atoms with Gasteiger partial charge in [-0.1, -0.05) is 23.2 Å². The van der Waals surface area contributed by atoms with E-state index < -0.39 is 5.97 Å². The highest BCUT2D eigenvalue weighted by molar-refractivity contribution is 6.32. The van der Waals surface area contributed by atoms with Crippen molar-refractivity contribution in [3.05, 3.63) is 58.3 Å². The number of fused-ring (bicyclic) bond motifs is 1. The average Bonchev–Trinajstić information content (AvgIpc) is 2.78. The van der Waals surface area contributed by atoms with Gasteiger partial charge in [-0.25, -0.2) is 4.79 Å². The Morgan fingerprint density at radius 3 is 2.25 bits per heavy atom. The molecule has 3 rings (SSSR count). The molecule has 0 amide bonds. The van der Waals surface area contributed by atoms with E-state index >= 15 is 0 Å². The highest BCUT2D eigenvalue weighted by Crippen LogP contribution is 2.35. The summed E-state index contributed by atoms with van der Waals surface area (Å²) >= 11 is 11.8. The third kappa shape index (κ3) is 2.15. The number of hydrogen-bond acceptors (Lipinski definition) is 2. The first-order chi connectivity index (χ1) is 9.56. The lowest BCUT2D eigenvalue weighted by Crippen LogP contribution is -1.93. The summed E-state index contributed by atoms with van der Waals surface area (Å²) in [6.45, 7) is 0. The van der Waals surface area contributed by atoms with Crippen LogP contribution in [-0.4, -0.2) is 11.1 Å². The van der Waals surface area contributed by atoms with Gasteiger partial charge in [-0.3, -0.25) is 0 Å². The molecule has 20 heavy (non-hydrogen) atoms. The van der Waals surface area contributed by atoms with E-state index in [0.29, 0.717) is 26.6 Å². The molecule has 1 aromatic heterocycles. The van der Waals surface area contributed by atoms with Gasteiger partial charge in [0.15, 0.2) is 0 Å². The lowest BCUT2D eigenvalue weighted by molar-refractivity contribution is 0.0666. The van der Waals surface area contributed by atoms with Gasteiger partial charge in [0.1, 0.15) is 5.76 Å². The maximum atomic E-state index is 11.3. The number of rotatable bonds is 2. The summed E-state index contributed by atoms with van der Waals surface area (Å²) < 4.78 is 5.51. The summed E-state index contributed by atoms with van der Waals surface area (Å²) in [5.74, 6) is -0.740. The van der Waals surface area contributed by atoms with E-state index in [-0.39, 0.29) is 5.76 Å². The van der Waals surface area contributed by atoms with Gasteiger partial charge in [0, 0.05) is 26.4 Å². The van der Waals surface area contributed by atoms with Gasteiger partial charge in [-0.05, 0) is 42.5 Å². The molecule has 0 unspecified atom stereocenters. The Hall–Kier alpha value is -1.97. The number of aromatic carboxylic acids is 1. The molecule has 0 saturated heterocycles. The minimum absolute atomic E-state index is 0.0957. The minimum Gasteiger partial charge on any atom is -0.475 e. The Balaban J connectivity index is 2.32. The molecular weight excluding hydrogens is 299 g/mol. The molecule has 0 aliphatic carbocycles. The first-order valence-corrected chi connectivity index (χ1v) is 6.53. The zero-order chi connectivity index (χ0) is 14.3. The van der Waals surface area contributed by atoms with Crippen molar-refractivity contribution in [2.75, 3.05) is 0 Å². The van der Waals surface area contributed by atoms with Crippen LogP contribution in [0.25, 0.3) is 22.1 Å². The number of carboxylic acids is 1. The zero-order valence-electron chi connectivity index (χ0n) is 10.1. The fourth-order valence-electron chi connectivity index (χ4n) is 2.09. The van der Waals surface area contributed by atoms with E-state index in [1.54, 1.807) is 42.5 Å². The largest absolute Gasteiger partial charge is 0.475 e. The Kier molecular flexibility index (Phi) is 3.16. The molecule has 1 heterocycles. The van der Waals surface area contributed by atoms with Crippen molar-refractivity contribution in [3.8, 4) is 11.3 Å². The average molecular weight is 307 g/mol. The zero-order valence-corrected chi connectivity index (χ0v) is 11.6. The van der Waals surface area contributed by atoms with E-state index in [2.05, 4.69) is 0 Å². The van der Waals surface area contributed by atoms with Gasteiger partial charge >= 0.3 is 5.97 Å². The van der Waals surface area contributed by atoms with Crippen LogP contribution in [-0.2, 0) is 0 Å². The number of carboxylic acid groups (broad SMARTS) is 1. The molecule has 1 N–H and O–H groups in total. The van der Waals surface area contributed by atoms with Gasteiger partial charge < -0.3 is 9.52 Å². The van der Waals surface area contributed by atoms with Gasteiger partial charge in [0.25, 0.3) is 0 Å². The molecule has 0 bridgehead atoms. The predicted molar refractivity (Wildman–Crippen MR) is 78.6 cm³/mol. The molecule has 3 aromatic rings. The monoisotopic (exact) mass is 306 g/mol. The Morgan fingerprint density at radius 2 is 1.60 bits per heavy atom. The van der Waals surface area contributed by atoms with Gasteiger partial charge in [0.05, 0.1) is 0 Å². The number of furan rings is 1. The van der Waals surface area contributed by atoms with Crippen LogP contribution in [0.5, 0.6) is 0 Å². The van der Waals surface area contributed by atoms with E-state index in [4.69, 9.17) is 27.6 Å². The lowest BCUT2D eigenvalue weighted by Gasteiger charge is -1.98. The standard InChI is InChI=1S/C15H8Cl2O3/c16-9-3-1-8(2-4-9)13-12-7-10(17)5-6-11(12)14(20-13)15(18)19/h1-7H,(H,18,19). The van der Waals surface area contributed by atoms with Gasteiger partial charge in [-0.15, -0.1) is 0 Å². The third-order valence-corrected chi connectivity index (χ3v) is 3.46. The van der Waals surface area contributed by atoms with Crippen molar-refractivity contribution in [1.29, 1.82) is 0 Å². The second kappa shape index (κ2) is 4.85. The molecule has 0 spiro atoms. The Morgan fingerprint density at radius 1 is 0.950 bits per heavy atom. The van der Waals surface area contributed by atoms with Crippen LogP contribution in [0.3, 0.4) is 0 Å². The van der Waals surface area contributed by atoms with Crippen LogP contribution < -0.4 is 0 Å². The second-order valence-electron chi connectivity index (χ2n) is 4.26. The van der Waals surface area contributed by atoms with E-state index in [9.17, 15) is 9.90 Å². The van der Waals surface area contributed by atoms with E-state index in [0.717, 1.165) is 5.56 Å². The highest BCUT2D eigenvalue weighted by atomic mass is 35.5. The number of carbonyl (C=O) groups is 1. The molecule has 5 heteroatoms. The smallest absolute Gasteiger partial charge is 0.372 e. The van der Waals surface area contributed by atoms with Crippen molar-refractivity contribution in [3.63, 3.8) is 0 Å². The lowest BCUT2D eigenvalue weighted by atomic mass is 10.1. The molecule has 2 aromatic carbocycles. The van der Waals surface area contributed by atoms with Gasteiger partial charge in [-0.2, -0.15) is 0 Å². The minimum atomic E-state index is -1.11. The van der Waals surface area contributed by atoms with Crippen LogP contribution in [0, 0.1) is 0 Å². The summed E-state index contributed by atoms with van der Waals surface area (Å²) in [7, 11) is 0.